The normalized spacial score (nSPS) is 15.1. The van der Waals surface area contributed by atoms with Gasteiger partial charge in [0.25, 0.3) is 5.91 Å². The van der Waals surface area contributed by atoms with E-state index in [4.69, 9.17) is 10.5 Å². The number of amides is 1. The molecular weight excluding hydrogens is 340 g/mol. The Labute approximate surface area is 158 Å². The number of nitrogens with one attached hydrogen (secondary N) is 1. The van der Waals surface area contributed by atoms with Crippen molar-refractivity contribution in [1.29, 1.82) is 0 Å². The third-order valence-corrected chi connectivity index (χ3v) is 4.94. The van der Waals surface area contributed by atoms with Crippen molar-refractivity contribution in [1.82, 2.24) is 9.47 Å². The number of ether oxygens (including phenoxy) is 1. The summed E-state index contributed by atoms with van der Waals surface area (Å²) < 4.78 is 7.66. The molecule has 1 saturated heterocycles. The summed E-state index contributed by atoms with van der Waals surface area (Å²) in [5, 5.41) is 4.06. The predicted octanol–water partition coefficient (Wildman–Crippen LogP) is 2.81. The number of carbonyl (C=O) groups excluding carboxylic acids is 1. The topological polar surface area (TPSA) is 72.5 Å². The molecular formula is C21H24N4O2. The molecule has 0 radical (unpaired) electrons. The van der Waals surface area contributed by atoms with Crippen LogP contribution in [0.25, 0.3) is 10.9 Å². The fourth-order valence-electron chi connectivity index (χ4n) is 3.43. The van der Waals surface area contributed by atoms with Gasteiger partial charge in [0.2, 0.25) is 0 Å². The third-order valence-electron chi connectivity index (χ3n) is 4.94. The highest BCUT2D eigenvalue weighted by Gasteiger charge is 2.11. The molecule has 6 heteroatoms. The molecule has 0 spiro atoms. The van der Waals surface area contributed by atoms with Gasteiger partial charge in [0.05, 0.1) is 13.2 Å². The van der Waals surface area contributed by atoms with E-state index in [1.165, 1.54) is 5.52 Å². The van der Waals surface area contributed by atoms with Crippen molar-refractivity contribution in [2.75, 3.05) is 43.9 Å². The Morgan fingerprint density at radius 3 is 2.74 bits per heavy atom. The number of nitrogen functional groups attached to an aromatic ring is 1. The highest BCUT2D eigenvalue weighted by Crippen LogP contribution is 2.21. The van der Waals surface area contributed by atoms with Crippen LogP contribution < -0.4 is 11.1 Å². The van der Waals surface area contributed by atoms with Crippen molar-refractivity contribution in [3.05, 3.63) is 60.3 Å². The summed E-state index contributed by atoms with van der Waals surface area (Å²) in [6, 6.07) is 15.1. The maximum atomic E-state index is 12.4. The Bertz CT molecular complexity index is 944. The first-order valence-electron chi connectivity index (χ1n) is 9.25. The zero-order valence-corrected chi connectivity index (χ0v) is 15.2. The largest absolute Gasteiger partial charge is 0.399 e. The van der Waals surface area contributed by atoms with Crippen LogP contribution in [0.1, 0.15) is 10.4 Å². The second-order valence-electron chi connectivity index (χ2n) is 6.82. The smallest absolute Gasteiger partial charge is 0.255 e. The number of nitrogens with two attached hydrogens (primary N) is 1. The average Bonchev–Trinajstić information content (AvgIpc) is 3.09. The first-order valence-corrected chi connectivity index (χ1v) is 9.25. The maximum absolute atomic E-state index is 12.4. The van der Waals surface area contributed by atoms with Gasteiger partial charge < -0.3 is 20.4 Å². The van der Waals surface area contributed by atoms with Crippen LogP contribution in [0.2, 0.25) is 0 Å². The SMILES string of the molecule is Nc1cccc(C(=O)Nc2ccc3c(ccn3CCN3CCOCC3)c2)c1. The Balaban J connectivity index is 1.44. The lowest BCUT2D eigenvalue weighted by atomic mass is 10.1. The Morgan fingerprint density at radius 2 is 1.93 bits per heavy atom. The first-order chi connectivity index (χ1) is 13.2. The zero-order chi connectivity index (χ0) is 18.6. The van der Waals surface area contributed by atoms with Crippen LogP contribution >= 0.6 is 0 Å². The summed E-state index contributed by atoms with van der Waals surface area (Å²) >= 11 is 0. The van der Waals surface area contributed by atoms with Gasteiger partial charge >= 0.3 is 0 Å². The third kappa shape index (κ3) is 4.13. The first kappa shape index (κ1) is 17.6. The molecule has 1 amide bonds. The molecule has 1 aliphatic heterocycles. The molecule has 0 bridgehead atoms. The molecule has 3 aromatic rings. The molecule has 2 heterocycles. The van der Waals surface area contributed by atoms with Crippen LogP contribution in [-0.2, 0) is 11.3 Å². The number of morpholine rings is 1. The molecule has 140 valence electrons. The van der Waals surface area contributed by atoms with Crippen molar-refractivity contribution in [2.45, 2.75) is 6.54 Å². The number of carbonyl (C=O) groups is 1. The maximum Gasteiger partial charge on any atom is 0.255 e. The molecule has 1 aliphatic rings. The van der Waals surface area contributed by atoms with Gasteiger partial charge in [-0.3, -0.25) is 9.69 Å². The number of fused-ring (bicyclic) bond motifs is 1. The number of nitrogens with zero attached hydrogens (tertiary/aromatic N) is 2. The molecule has 3 N–H and O–H groups in total. The van der Waals surface area contributed by atoms with Crippen LogP contribution in [0.3, 0.4) is 0 Å². The van der Waals surface area contributed by atoms with Crippen molar-refractivity contribution in [3.63, 3.8) is 0 Å². The minimum atomic E-state index is -0.159. The quantitative estimate of drug-likeness (QED) is 0.683. The summed E-state index contributed by atoms with van der Waals surface area (Å²) in [5.74, 6) is -0.159. The van der Waals surface area contributed by atoms with Crippen molar-refractivity contribution in [3.8, 4) is 0 Å². The van der Waals surface area contributed by atoms with E-state index in [9.17, 15) is 4.79 Å². The lowest BCUT2D eigenvalue weighted by molar-refractivity contribution is 0.0365. The van der Waals surface area contributed by atoms with Crippen LogP contribution in [-0.4, -0.2) is 48.2 Å². The average molecular weight is 364 g/mol. The van der Waals surface area contributed by atoms with Crippen LogP contribution in [0.15, 0.2) is 54.7 Å². The van der Waals surface area contributed by atoms with Crippen LogP contribution in [0.4, 0.5) is 11.4 Å². The minimum absolute atomic E-state index is 0.159. The number of rotatable bonds is 5. The van der Waals surface area contributed by atoms with E-state index in [-0.39, 0.29) is 5.91 Å². The highest BCUT2D eigenvalue weighted by atomic mass is 16.5. The van der Waals surface area contributed by atoms with E-state index in [1.807, 2.05) is 12.1 Å². The lowest BCUT2D eigenvalue weighted by Gasteiger charge is -2.26. The van der Waals surface area contributed by atoms with Gasteiger partial charge in [0.15, 0.2) is 0 Å². The number of anilines is 2. The van der Waals surface area contributed by atoms with Crippen molar-refractivity contribution in [2.24, 2.45) is 0 Å². The second-order valence-corrected chi connectivity index (χ2v) is 6.82. The number of hydrogen-bond donors (Lipinski definition) is 2. The minimum Gasteiger partial charge on any atom is -0.399 e. The van der Waals surface area contributed by atoms with Crippen molar-refractivity contribution < 1.29 is 9.53 Å². The van der Waals surface area contributed by atoms with E-state index in [2.05, 4.69) is 33.1 Å². The Morgan fingerprint density at radius 1 is 1.07 bits per heavy atom. The van der Waals surface area contributed by atoms with Gasteiger partial charge in [-0.2, -0.15) is 0 Å². The van der Waals surface area contributed by atoms with Crippen LogP contribution in [0.5, 0.6) is 0 Å². The van der Waals surface area contributed by atoms with Crippen LogP contribution in [0, 0.1) is 0 Å². The molecule has 4 rings (SSSR count). The van der Waals surface area contributed by atoms with Gasteiger partial charge in [-0.15, -0.1) is 0 Å². The fraction of sp³-hybridized carbons (Fsp3) is 0.286. The monoisotopic (exact) mass is 364 g/mol. The standard InChI is InChI=1S/C21H24N4O2/c22-18-3-1-2-17(14-18)21(26)23-19-4-5-20-16(15-19)6-7-25(20)9-8-24-10-12-27-13-11-24/h1-7,14-15H,8-13,22H2,(H,23,26). The lowest BCUT2D eigenvalue weighted by Crippen LogP contribution is -2.38. The molecule has 0 saturated carbocycles. The summed E-state index contributed by atoms with van der Waals surface area (Å²) in [5.41, 5.74) is 8.84. The number of aromatic nitrogens is 1. The van der Waals surface area contributed by atoms with Gasteiger partial charge in [-0.25, -0.2) is 0 Å². The second kappa shape index (κ2) is 7.82. The Kier molecular flexibility index (Phi) is 5.09. The molecule has 6 nitrogen and oxygen atoms in total. The van der Waals surface area contributed by atoms with Gasteiger partial charge in [-0.1, -0.05) is 6.07 Å². The molecule has 1 fully saturated rings. The summed E-state index contributed by atoms with van der Waals surface area (Å²) in [7, 11) is 0. The van der Waals surface area contributed by atoms with E-state index >= 15 is 0 Å². The zero-order valence-electron chi connectivity index (χ0n) is 15.2. The summed E-state index contributed by atoms with van der Waals surface area (Å²) in [4.78, 5) is 14.8. The Hall–Kier alpha value is -2.83. The molecule has 0 atom stereocenters. The van der Waals surface area contributed by atoms with Gasteiger partial charge in [0.1, 0.15) is 0 Å². The fourth-order valence-corrected chi connectivity index (χ4v) is 3.43. The molecule has 0 aliphatic carbocycles. The van der Waals surface area contributed by atoms with Gasteiger partial charge in [-0.05, 0) is 42.5 Å². The van der Waals surface area contributed by atoms with E-state index < -0.39 is 0 Å². The molecule has 1 aromatic heterocycles. The predicted molar refractivity (Wildman–Crippen MR) is 108 cm³/mol. The van der Waals surface area contributed by atoms with E-state index in [1.54, 1.807) is 24.3 Å². The molecule has 2 aromatic carbocycles. The highest BCUT2D eigenvalue weighted by molar-refractivity contribution is 6.05. The summed E-state index contributed by atoms with van der Waals surface area (Å²) in [6.45, 7) is 5.60. The van der Waals surface area contributed by atoms with E-state index in [0.29, 0.717) is 11.3 Å². The van der Waals surface area contributed by atoms with Gasteiger partial charge in [0, 0.05) is 60.2 Å². The summed E-state index contributed by atoms with van der Waals surface area (Å²) in [6.07, 6.45) is 2.11. The van der Waals surface area contributed by atoms with E-state index in [0.717, 1.165) is 50.5 Å². The number of hydrogen-bond acceptors (Lipinski definition) is 4. The molecule has 27 heavy (non-hydrogen) atoms. The number of benzene rings is 2. The molecule has 0 unspecified atom stereocenters. The van der Waals surface area contributed by atoms with Crippen molar-refractivity contribution >= 4 is 28.2 Å².